The van der Waals surface area contributed by atoms with E-state index in [4.69, 9.17) is 9.15 Å². The highest BCUT2D eigenvalue weighted by atomic mass is 16.6. The molecular weight excluding hydrogens is 350 g/mol. The van der Waals surface area contributed by atoms with E-state index in [1.54, 1.807) is 57.2 Å². The van der Waals surface area contributed by atoms with Crippen LogP contribution in [0.4, 0.5) is 16.2 Å². The molecular formula is C19H19N3O5. The van der Waals surface area contributed by atoms with Crippen LogP contribution in [0.15, 0.2) is 51.7 Å². The number of ether oxygens (including phenoxy) is 1. The second-order valence-electron chi connectivity index (χ2n) is 6.89. The Morgan fingerprint density at radius 3 is 2.52 bits per heavy atom. The first-order chi connectivity index (χ1) is 12.7. The van der Waals surface area contributed by atoms with E-state index in [1.807, 2.05) is 0 Å². The summed E-state index contributed by atoms with van der Waals surface area (Å²) in [6.07, 6.45) is -0.602. The molecule has 0 unspecified atom stereocenters. The predicted molar refractivity (Wildman–Crippen MR) is 101 cm³/mol. The van der Waals surface area contributed by atoms with Gasteiger partial charge in [-0.15, -0.1) is 0 Å². The van der Waals surface area contributed by atoms with Crippen LogP contribution in [-0.2, 0) is 4.74 Å². The molecule has 0 aliphatic heterocycles. The van der Waals surface area contributed by atoms with Gasteiger partial charge in [-0.25, -0.2) is 9.59 Å². The zero-order valence-corrected chi connectivity index (χ0v) is 15.1. The monoisotopic (exact) mass is 369 g/mol. The Kier molecular flexibility index (Phi) is 4.72. The largest absolute Gasteiger partial charge is 0.444 e. The maximum atomic E-state index is 12.5. The number of benzene rings is 2. The number of aromatic nitrogens is 1. The van der Waals surface area contributed by atoms with Gasteiger partial charge in [-0.3, -0.25) is 15.1 Å². The Labute approximate surface area is 154 Å². The molecule has 0 saturated heterocycles. The molecule has 3 aromatic rings. The lowest BCUT2D eigenvalue weighted by atomic mass is 10.1. The third-order valence-electron chi connectivity index (χ3n) is 3.45. The van der Waals surface area contributed by atoms with E-state index in [1.165, 1.54) is 6.07 Å². The van der Waals surface area contributed by atoms with Crippen LogP contribution >= 0.6 is 0 Å². The van der Waals surface area contributed by atoms with E-state index in [-0.39, 0.29) is 5.91 Å². The van der Waals surface area contributed by atoms with Crippen molar-refractivity contribution in [2.45, 2.75) is 26.4 Å². The summed E-state index contributed by atoms with van der Waals surface area (Å²) < 4.78 is 10.1. The number of aromatic amines is 1. The van der Waals surface area contributed by atoms with Crippen molar-refractivity contribution in [3.05, 3.63) is 58.6 Å². The molecule has 0 bridgehead atoms. The van der Waals surface area contributed by atoms with Crippen LogP contribution in [0.1, 0.15) is 31.1 Å². The molecule has 8 nitrogen and oxygen atoms in total. The van der Waals surface area contributed by atoms with Gasteiger partial charge in [0.15, 0.2) is 5.58 Å². The summed E-state index contributed by atoms with van der Waals surface area (Å²) >= 11 is 0. The third-order valence-corrected chi connectivity index (χ3v) is 3.45. The van der Waals surface area contributed by atoms with Gasteiger partial charge in [-0.2, -0.15) is 0 Å². The standard InChI is InChI=1S/C19H19N3O5/c1-19(2,3)27-18(25)21-12-6-4-5-11(9-12)16(23)20-13-7-8-15-14(10-13)22-17(24)26-15/h4-10H,1-3H3,(H,20,23)(H,21,25)(H,22,24). The number of amides is 2. The Bertz CT molecular complexity index is 1060. The highest BCUT2D eigenvalue weighted by Gasteiger charge is 2.16. The number of anilines is 2. The molecule has 1 aromatic heterocycles. The molecule has 0 spiro atoms. The van der Waals surface area contributed by atoms with E-state index in [9.17, 15) is 14.4 Å². The summed E-state index contributed by atoms with van der Waals surface area (Å²) in [5, 5.41) is 5.32. The number of hydrogen-bond acceptors (Lipinski definition) is 5. The number of carbonyl (C=O) groups is 2. The second kappa shape index (κ2) is 6.99. The normalized spacial score (nSPS) is 11.2. The molecule has 8 heteroatoms. The molecule has 3 rings (SSSR count). The number of oxazole rings is 1. The lowest BCUT2D eigenvalue weighted by molar-refractivity contribution is 0.0635. The van der Waals surface area contributed by atoms with Crippen molar-refractivity contribution >= 4 is 34.5 Å². The van der Waals surface area contributed by atoms with Gasteiger partial charge in [-0.1, -0.05) is 6.07 Å². The van der Waals surface area contributed by atoms with Crippen LogP contribution in [-0.4, -0.2) is 22.6 Å². The van der Waals surface area contributed by atoms with Crippen molar-refractivity contribution in [1.82, 2.24) is 4.98 Å². The molecule has 0 aliphatic carbocycles. The zero-order valence-electron chi connectivity index (χ0n) is 15.1. The Morgan fingerprint density at radius 2 is 1.78 bits per heavy atom. The summed E-state index contributed by atoms with van der Waals surface area (Å²) in [7, 11) is 0. The molecule has 3 N–H and O–H groups in total. The summed E-state index contributed by atoms with van der Waals surface area (Å²) in [6, 6.07) is 11.3. The van der Waals surface area contributed by atoms with E-state index in [2.05, 4.69) is 15.6 Å². The Hall–Kier alpha value is -3.55. The van der Waals surface area contributed by atoms with Crippen molar-refractivity contribution in [3.8, 4) is 0 Å². The molecule has 1 heterocycles. The number of hydrogen-bond donors (Lipinski definition) is 3. The molecule has 2 amide bonds. The molecule has 140 valence electrons. The second-order valence-corrected chi connectivity index (χ2v) is 6.89. The van der Waals surface area contributed by atoms with E-state index < -0.39 is 17.5 Å². The summed E-state index contributed by atoms with van der Waals surface area (Å²) in [5.41, 5.74) is 1.55. The highest BCUT2D eigenvalue weighted by Crippen LogP contribution is 2.18. The van der Waals surface area contributed by atoms with Crippen LogP contribution in [0, 0.1) is 0 Å². The van der Waals surface area contributed by atoms with E-state index in [0.29, 0.717) is 28.0 Å². The molecule has 27 heavy (non-hydrogen) atoms. The zero-order chi connectivity index (χ0) is 19.6. The lowest BCUT2D eigenvalue weighted by Crippen LogP contribution is -2.27. The molecule has 0 radical (unpaired) electrons. The highest BCUT2D eigenvalue weighted by molar-refractivity contribution is 6.05. The van der Waals surface area contributed by atoms with Gasteiger partial charge in [0.1, 0.15) is 5.60 Å². The maximum absolute atomic E-state index is 12.5. The van der Waals surface area contributed by atoms with Gasteiger partial charge < -0.3 is 14.5 Å². The van der Waals surface area contributed by atoms with Crippen molar-refractivity contribution in [2.75, 3.05) is 10.6 Å². The van der Waals surface area contributed by atoms with Crippen molar-refractivity contribution < 1.29 is 18.7 Å². The van der Waals surface area contributed by atoms with Gasteiger partial charge in [0.25, 0.3) is 5.91 Å². The van der Waals surface area contributed by atoms with Crippen molar-refractivity contribution in [3.63, 3.8) is 0 Å². The van der Waals surface area contributed by atoms with Crippen molar-refractivity contribution in [1.29, 1.82) is 0 Å². The molecule has 0 fully saturated rings. The Morgan fingerprint density at radius 1 is 1.04 bits per heavy atom. The quantitative estimate of drug-likeness (QED) is 0.651. The van der Waals surface area contributed by atoms with Crippen LogP contribution in [0.25, 0.3) is 11.1 Å². The summed E-state index contributed by atoms with van der Waals surface area (Å²) in [4.78, 5) is 38.1. The van der Waals surface area contributed by atoms with Crippen LogP contribution in [0.5, 0.6) is 0 Å². The molecule has 0 aliphatic rings. The fraction of sp³-hybridized carbons (Fsp3) is 0.211. The van der Waals surface area contributed by atoms with E-state index in [0.717, 1.165) is 0 Å². The Balaban J connectivity index is 1.72. The van der Waals surface area contributed by atoms with Gasteiger partial charge in [0, 0.05) is 16.9 Å². The molecule has 2 aromatic carbocycles. The number of nitrogens with one attached hydrogen (secondary N) is 3. The number of carbonyl (C=O) groups excluding carboxylic acids is 2. The number of fused-ring (bicyclic) bond motifs is 1. The molecule has 0 atom stereocenters. The fourth-order valence-corrected chi connectivity index (χ4v) is 2.39. The fourth-order valence-electron chi connectivity index (χ4n) is 2.39. The van der Waals surface area contributed by atoms with Gasteiger partial charge in [-0.05, 0) is 57.2 Å². The van der Waals surface area contributed by atoms with Crippen LogP contribution < -0.4 is 16.4 Å². The maximum Gasteiger partial charge on any atom is 0.417 e. The number of rotatable bonds is 3. The lowest BCUT2D eigenvalue weighted by Gasteiger charge is -2.19. The smallest absolute Gasteiger partial charge is 0.417 e. The first kappa shape index (κ1) is 18.2. The average Bonchev–Trinajstić information content (AvgIpc) is 2.92. The van der Waals surface area contributed by atoms with Gasteiger partial charge >= 0.3 is 11.8 Å². The minimum atomic E-state index is -0.619. The topological polar surface area (TPSA) is 113 Å². The molecule has 0 saturated carbocycles. The first-order valence-electron chi connectivity index (χ1n) is 8.24. The van der Waals surface area contributed by atoms with Gasteiger partial charge in [0.05, 0.1) is 5.52 Å². The summed E-state index contributed by atoms with van der Waals surface area (Å²) in [6.45, 7) is 5.29. The number of H-pyrrole nitrogens is 1. The minimum Gasteiger partial charge on any atom is -0.444 e. The SMILES string of the molecule is CC(C)(C)OC(=O)Nc1cccc(C(=O)Nc2ccc3oc(=O)[nH]c3c2)c1. The average molecular weight is 369 g/mol. The van der Waals surface area contributed by atoms with Crippen LogP contribution in [0.3, 0.4) is 0 Å². The van der Waals surface area contributed by atoms with Crippen molar-refractivity contribution in [2.24, 2.45) is 0 Å². The minimum absolute atomic E-state index is 0.351. The first-order valence-corrected chi connectivity index (χ1v) is 8.24. The third kappa shape index (κ3) is 4.75. The predicted octanol–water partition coefficient (Wildman–Crippen LogP) is 3.72. The van der Waals surface area contributed by atoms with E-state index >= 15 is 0 Å². The van der Waals surface area contributed by atoms with Crippen LogP contribution in [0.2, 0.25) is 0 Å². The summed E-state index contributed by atoms with van der Waals surface area (Å²) in [5.74, 6) is -0.928. The van der Waals surface area contributed by atoms with Gasteiger partial charge in [0.2, 0.25) is 0 Å².